The lowest BCUT2D eigenvalue weighted by Gasteiger charge is -2.31. The summed E-state index contributed by atoms with van der Waals surface area (Å²) in [5, 5.41) is 19.1. The minimum absolute atomic E-state index is 0.173. The highest BCUT2D eigenvalue weighted by molar-refractivity contribution is 5.29. The van der Waals surface area contributed by atoms with Crippen molar-refractivity contribution in [1.82, 2.24) is 4.90 Å². The molecule has 1 atom stereocenters. The van der Waals surface area contributed by atoms with Crippen molar-refractivity contribution in [2.45, 2.75) is 32.0 Å². The number of benzene rings is 1. The first-order chi connectivity index (χ1) is 9.70. The molecule has 0 spiro atoms. The van der Waals surface area contributed by atoms with E-state index < -0.39 is 17.3 Å². The van der Waals surface area contributed by atoms with Gasteiger partial charge in [-0.15, -0.1) is 0 Å². The summed E-state index contributed by atoms with van der Waals surface area (Å²) in [5.74, 6) is 0. The highest BCUT2D eigenvalue weighted by Crippen LogP contribution is 2.32. The topological polar surface area (TPSA) is 47.3 Å². The zero-order valence-electron chi connectivity index (χ0n) is 12.1. The quantitative estimate of drug-likeness (QED) is 0.878. The Labute approximate surface area is 122 Å². The van der Waals surface area contributed by atoms with Crippen LogP contribution in [0.1, 0.15) is 31.4 Å². The molecule has 0 saturated heterocycles. The predicted octanol–water partition coefficient (Wildman–Crippen LogP) is 3.15. The van der Waals surface area contributed by atoms with Crippen LogP contribution < -0.4 is 0 Å². The standard InChI is InChI=1S/C15H19F3N2O/c1-3-20(9-5-8-19)11-14(2,21)12-6-4-7-13(10-12)15(16,17)18/h4,6-7,10,21H,3,5,9,11H2,1-2H3. The first-order valence-electron chi connectivity index (χ1n) is 6.70. The lowest BCUT2D eigenvalue weighted by atomic mass is 9.93. The molecule has 0 radical (unpaired) electrons. The van der Waals surface area contributed by atoms with E-state index in [1.165, 1.54) is 19.1 Å². The Morgan fingerprint density at radius 2 is 1.90 bits per heavy atom. The molecule has 0 aromatic heterocycles. The summed E-state index contributed by atoms with van der Waals surface area (Å²) in [7, 11) is 0. The monoisotopic (exact) mass is 300 g/mol. The minimum Gasteiger partial charge on any atom is -0.384 e. The number of likely N-dealkylation sites (N-methyl/N-ethyl adjacent to an activating group) is 1. The van der Waals surface area contributed by atoms with Gasteiger partial charge in [0, 0.05) is 19.5 Å². The third-order valence-corrected chi connectivity index (χ3v) is 3.33. The highest BCUT2D eigenvalue weighted by atomic mass is 19.4. The van der Waals surface area contributed by atoms with Crippen molar-refractivity contribution >= 4 is 0 Å². The van der Waals surface area contributed by atoms with Gasteiger partial charge in [-0.2, -0.15) is 18.4 Å². The predicted molar refractivity (Wildman–Crippen MR) is 73.4 cm³/mol. The van der Waals surface area contributed by atoms with Gasteiger partial charge in [-0.05, 0) is 31.2 Å². The van der Waals surface area contributed by atoms with E-state index in [0.29, 0.717) is 19.5 Å². The van der Waals surface area contributed by atoms with E-state index in [-0.39, 0.29) is 12.1 Å². The molecule has 1 unspecified atom stereocenters. The van der Waals surface area contributed by atoms with Crippen molar-refractivity contribution in [3.8, 4) is 6.07 Å². The molecule has 0 aliphatic carbocycles. The fourth-order valence-corrected chi connectivity index (χ4v) is 2.11. The van der Waals surface area contributed by atoms with Crippen LogP contribution in [0.5, 0.6) is 0 Å². The number of rotatable bonds is 6. The van der Waals surface area contributed by atoms with Crippen molar-refractivity contribution in [2.24, 2.45) is 0 Å². The summed E-state index contributed by atoms with van der Waals surface area (Å²) in [6.07, 6.45) is -4.12. The van der Waals surface area contributed by atoms with E-state index in [4.69, 9.17) is 5.26 Å². The van der Waals surface area contributed by atoms with Crippen molar-refractivity contribution in [1.29, 1.82) is 5.26 Å². The maximum atomic E-state index is 12.7. The molecule has 116 valence electrons. The van der Waals surface area contributed by atoms with Gasteiger partial charge in [0.25, 0.3) is 0 Å². The Balaban J connectivity index is 2.94. The molecule has 3 nitrogen and oxygen atoms in total. The van der Waals surface area contributed by atoms with Crippen LogP contribution in [0.15, 0.2) is 24.3 Å². The Kier molecular flexibility index (Phi) is 5.76. The van der Waals surface area contributed by atoms with E-state index in [2.05, 4.69) is 0 Å². The largest absolute Gasteiger partial charge is 0.416 e. The van der Waals surface area contributed by atoms with Gasteiger partial charge in [0.1, 0.15) is 0 Å². The Bertz CT molecular complexity index is 506. The molecule has 0 amide bonds. The van der Waals surface area contributed by atoms with Gasteiger partial charge in [-0.25, -0.2) is 0 Å². The molecule has 1 rings (SSSR count). The lowest BCUT2D eigenvalue weighted by Crippen LogP contribution is -2.39. The summed E-state index contributed by atoms with van der Waals surface area (Å²) in [5.41, 5.74) is -1.97. The van der Waals surface area contributed by atoms with E-state index in [9.17, 15) is 18.3 Å². The van der Waals surface area contributed by atoms with Crippen molar-refractivity contribution in [3.05, 3.63) is 35.4 Å². The summed E-state index contributed by atoms with van der Waals surface area (Å²) >= 11 is 0. The Hall–Kier alpha value is -1.58. The van der Waals surface area contributed by atoms with Gasteiger partial charge in [0.2, 0.25) is 0 Å². The van der Waals surface area contributed by atoms with Crippen molar-refractivity contribution in [3.63, 3.8) is 0 Å². The summed E-state index contributed by atoms with van der Waals surface area (Å²) in [4.78, 5) is 1.84. The normalized spacial score (nSPS) is 14.8. The van der Waals surface area contributed by atoms with Crippen LogP contribution in [-0.2, 0) is 11.8 Å². The van der Waals surface area contributed by atoms with Gasteiger partial charge in [-0.1, -0.05) is 19.1 Å². The first kappa shape index (κ1) is 17.5. The van der Waals surface area contributed by atoms with Gasteiger partial charge < -0.3 is 5.11 Å². The minimum atomic E-state index is -4.43. The average Bonchev–Trinajstić information content (AvgIpc) is 2.42. The van der Waals surface area contributed by atoms with Gasteiger partial charge in [-0.3, -0.25) is 4.90 Å². The average molecular weight is 300 g/mol. The van der Waals surface area contributed by atoms with Crippen LogP contribution in [-0.4, -0.2) is 29.6 Å². The summed E-state index contributed by atoms with van der Waals surface area (Å²) in [6.45, 7) is 4.61. The Morgan fingerprint density at radius 1 is 1.29 bits per heavy atom. The molecule has 6 heteroatoms. The van der Waals surface area contributed by atoms with E-state index in [0.717, 1.165) is 12.1 Å². The maximum Gasteiger partial charge on any atom is 0.416 e. The maximum absolute atomic E-state index is 12.7. The van der Waals surface area contributed by atoms with Crippen LogP contribution in [0.25, 0.3) is 0 Å². The molecule has 21 heavy (non-hydrogen) atoms. The fourth-order valence-electron chi connectivity index (χ4n) is 2.11. The zero-order valence-corrected chi connectivity index (χ0v) is 12.1. The third kappa shape index (κ3) is 5.03. The summed E-state index contributed by atoms with van der Waals surface area (Å²) < 4.78 is 38.2. The van der Waals surface area contributed by atoms with Crippen LogP contribution in [0.3, 0.4) is 0 Å². The zero-order chi connectivity index (χ0) is 16.1. The fraction of sp³-hybridized carbons (Fsp3) is 0.533. The van der Waals surface area contributed by atoms with Crippen LogP contribution in [0.4, 0.5) is 13.2 Å². The number of hydrogen-bond donors (Lipinski definition) is 1. The number of aliphatic hydroxyl groups is 1. The molecule has 0 bridgehead atoms. The number of alkyl halides is 3. The molecule has 0 saturated carbocycles. The van der Waals surface area contributed by atoms with Gasteiger partial charge in [0.15, 0.2) is 0 Å². The number of nitriles is 1. The lowest BCUT2D eigenvalue weighted by molar-refractivity contribution is -0.137. The molecular formula is C15H19F3N2O. The molecule has 1 N–H and O–H groups in total. The second-order valence-electron chi connectivity index (χ2n) is 5.13. The second-order valence-corrected chi connectivity index (χ2v) is 5.13. The van der Waals surface area contributed by atoms with Gasteiger partial charge >= 0.3 is 6.18 Å². The number of hydrogen-bond acceptors (Lipinski definition) is 3. The first-order valence-corrected chi connectivity index (χ1v) is 6.70. The van der Waals surface area contributed by atoms with Gasteiger partial charge in [0.05, 0.1) is 17.2 Å². The Morgan fingerprint density at radius 3 is 2.43 bits per heavy atom. The smallest absolute Gasteiger partial charge is 0.384 e. The van der Waals surface area contributed by atoms with E-state index in [1.807, 2.05) is 17.9 Å². The van der Waals surface area contributed by atoms with Crippen molar-refractivity contribution in [2.75, 3.05) is 19.6 Å². The molecule has 0 aliphatic heterocycles. The molecule has 0 heterocycles. The molecule has 1 aromatic carbocycles. The van der Waals surface area contributed by atoms with E-state index >= 15 is 0 Å². The highest BCUT2D eigenvalue weighted by Gasteiger charge is 2.33. The molecule has 1 aromatic rings. The van der Waals surface area contributed by atoms with Crippen LogP contribution >= 0.6 is 0 Å². The van der Waals surface area contributed by atoms with Crippen LogP contribution in [0, 0.1) is 11.3 Å². The molecule has 0 aliphatic rings. The second kappa shape index (κ2) is 6.92. The molecular weight excluding hydrogens is 281 g/mol. The number of halogens is 3. The van der Waals surface area contributed by atoms with E-state index in [1.54, 1.807) is 0 Å². The van der Waals surface area contributed by atoms with Crippen molar-refractivity contribution < 1.29 is 18.3 Å². The summed E-state index contributed by atoms with van der Waals surface area (Å²) in [6, 6.07) is 6.73. The third-order valence-electron chi connectivity index (χ3n) is 3.33. The van der Waals surface area contributed by atoms with Crippen LogP contribution in [0.2, 0.25) is 0 Å². The molecule has 0 fully saturated rings. The number of nitrogens with zero attached hydrogens (tertiary/aromatic N) is 2. The SMILES string of the molecule is CCN(CCC#N)CC(C)(O)c1cccc(C(F)(F)F)c1.